The van der Waals surface area contributed by atoms with Gasteiger partial charge in [0.1, 0.15) is 17.5 Å². The standard InChI is InChI=1S/C68H82N12O14S/c1-69-68(86)94-51(19-5-4-14-34-79-66-56-24-11-13-26-58(56)78(62(84)30-28-60(82)71-32-37-90-3)45-49-16-6-8-21-53(49)63(66)73-75-79)47-95(87,88)52-20-15-18-48(44-52)67(85)72-33-38-91-40-42-93-43-41-92-39-35-80-65-54-22-9-7-17-50(54)46-77(61(83)29-27-59(81)70-31-36-89-2)57-25-12-10-23-55(57)64(65)74-76-80/h6-13,15-18,20-26,44,51H,4-5,14,19,27-43,45-47H2,1-3H3,(H,69,86)(H,70,81)(H,71,82)(H,72,85). The Morgan fingerprint density at radius 2 is 1.04 bits per heavy atom. The number of sulfone groups is 1. The molecular formula is C68H82N12O14S. The van der Waals surface area contributed by atoms with Crippen molar-refractivity contribution in [3.63, 3.8) is 0 Å². The SMILES string of the molecule is CNC(=O)OC(CCCCCn1nnc2c1-c1ccccc1N(C(=O)CCC(=O)NCCOC)Cc1ccccc1-2)CS(=O)(=O)c1cccc(C(=O)NCCOCCOCCOCCn2nnc3c2-c2ccccc2CN(C(=O)CCC(=O)NCCOC)c2ccccc2-3)c1. The normalized spacial score (nSPS) is 12.6. The third-order valence-corrected chi connectivity index (χ3v) is 17.8. The van der Waals surface area contributed by atoms with Gasteiger partial charge in [-0.05, 0) is 60.7 Å². The number of anilines is 2. The van der Waals surface area contributed by atoms with Crippen LogP contribution in [0.25, 0.3) is 45.0 Å². The second kappa shape index (κ2) is 35.3. The molecule has 2 aliphatic rings. The summed E-state index contributed by atoms with van der Waals surface area (Å²) >= 11 is 0. The lowest BCUT2D eigenvalue weighted by Gasteiger charge is -2.28. The minimum atomic E-state index is -4.06. The highest BCUT2D eigenvalue weighted by Gasteiger charge is 2.32. The molecule has 5 aromatic carbocycles. The van der Waals surface area contributed by atoms with Crippen LogP contribution in [0.15, 0.2) is 126 Å². The van der Waals surface area contributed by atoms with Gasteiger partial charge in [-0.15, -0.1) is 10.2 Å². The number of ether oxygens (including phenoxy) is 6. The third-order valence-electron chi connectivity index (χ3n) is 16.0. The number of nitrogens with zero attached hydrogens (tertiary/aromatic N) is 8. The topological polar surface area (TPSA) is 308 Å². The Morgan fingerprint density at radius 3 is 1.67 bits per heavy atom. The first-order valence-electron chi connectivity index (χ1n) is 31.8. The number of para-hydroxylation sites is 2. The monoisotopic (exact) mass is 1320 g/mol. The quantitative estimate of drug-likeness (QED) is 0.0306. The number of alkyl carbamates (subject to hydrolysis) is 1. The zero-order chi connectivity index (χ0) is 66.9. The molecule has 0 spiro atoms. The molecule has 0 radical (unpaired) electrons. The van der Waals surface area contributed by atoms with E-state index in [0.717, 1.165) is 44.8 Å². The number of amides is 6. The van der Waals surface area contributed by atoms with Gasteiger partial charge in [0.05, 0.1) is 106 Å². The van der Waals surface area contributed by atoms with Gasteiger partial charge in [0.15, 0.2) is 9.84 Å². The Morgan fingerprint density at radius 1 is 0.526 bits per heavy atom. The number of aromatic nitrogens is 6. The van der Waals surface area contributed by atoms with Crippen molar-refractivity contribution in [3.8, 4) is 45.0 Å². The number of carbonyl (C=O) groups is 6. The van der Waals surface area contributed by atoms with E-state index in [1.54, 1.807) is 24.0 Å². The van der Waals surface area contributed by atoms with Gasteiger partial charge in [-0.1, -0.05) is 108 Å². The van der Waals surface area contributed by atoms with Crippen molar-refractivity contribution in [1.82, 2.24) is 51.3 Å². The van der Waals surface area contributed by atoms with Crippen molar-refractivity contribution in [2.75, 3.05) is 109 Å². The molecule has 1 unspecified atom stereocenters. The summed E-state index contributed by atoms with van der Waals surface area (Å²) in [7, 11) is 0.438. The van der Waals surface area contributed by atoms with Crippen molar-refractivity contribution >= 4 is 56.8 Å². The first kappa shape index (κ1) is 70.1. The highest BCUT2D eigenvalue weighted by atomic mass is 32.2. The van der Waals surface area contributed by atoms with Crippen LogP contribution in [0.3, 0.4) is 0 Å². The van der Waals surface area contributed by atoms with E-state index in [0.29, 0.717) is 101 Å². The summed E-state index contributed by atoms with van der Waals surface area (Å²) in [5, 5.41) is 29.1. The number of carbonyl (C=O) groups excluding carboxylic acids is 6. The predicted octanol–water partition coefficient (Wildman–Crippen LogP) is 6.56. The molecule has 4 heterocycles. The average molecular weight is 1320 g/mol. The van der Waals surface area contributed by atoms with E-state index in [9.17, 15) is 37.2 Å². The molecule has 0 bridgehead atoms. The fourth-order valence-electron chi connectivity index (χ4n) is 11.3. The maximum atomic E-state index is 14.0. The van der Waals surface area contributed by atoms with Crippen LogP contribution in [0, 0.1) is 0 Å². The number of benzene rings is 5. The van der Waals surface area contributed by atoms with E-state index < -0.39 is 33.7 Å². The van der Waals surface area contributed by atoms with E-state index in [1.807, 2.05) is 106 Å². The second-order valence-corrected chi connectivity index (χ2v) is 24.6. The van der Waals surface area contributed by atoms with Gasteiger partial charge in [-0.25, -0.2) is 22.6 Å². The van der Waals surface area contributed by atoms with Gasteiger partial charge < -0.3 is 59.5 Å². The first-order chi connectivity index (χ1) is 46.3. The maximum absolute atomic E-state index is 14.0. The molecular weight excluding hydrogens is 1240 g/mol. The molecule has 504 valence electrons. The number of methoxy groups -OCH3 is 2. The Kier molecular flexibility index (Phi) is 26.0. The summed E-state index contributed by atoms with van der Waals surface area (Å²) < 4.78 is 64.5. The van der Waals surface area contributed by atoms with Crippen molar-refractivity contribution in [2.24, 2.45) is 0 Å². The van der Waals surface area contributed by atoms with Crippen LogP contribution in [0.5, 0.6) is 0 Å². The van der Waals surface area contributed by atoms with E-state index >= 15 is 0 Å². The first-order valence-corrected chi connectivity index (χ1v) is 33.5. The highest BCUT2D eigenvalue weighted by Crippen LogP contribution is 2.43. The molecule has 26 nitrogen and oxygen atoms in total. The lowest BCUT2D eigenvalue weighted by atomic mass is 9.95. The van der Waals surface area contributed by atoms with Crippen LogP contribution in [0.2, 0.25) is 0 Å². The molecule has 0 saturated carbocycles. The van der Waals surface area contributed by atoms with Gasteiger partial charge in [0.25, 0.3) is 5.91 Å². The summed E-state index contributed by atoms with van der Waals surface area (Å²) in [6, 6.07) is 36.4. The summed E-state index contributed by atoms with van der Waals surface area (Å²) in [6.45, 7) is 4.61. The molecule has 0 saturated heterocycles. The van der Waals surface area contributed by atoms with Gasteiger partial charge in [-0.2, -0.15) is 0 Å². The summed E-state index contributed by atoms with van der Waals surface area (Å²) in [5.41, 5.74) is 9.26. The zero-order valence-electron chi connectivity index (χ0n) is 53.8. The average Bonchev–Trinajstić information content (AvgIpc) is 1.71. The summed E-state index contributed by atoms with van der Waals surface area (Å²) in [6.07, 6.45) is 0.247. The van der Waals surface area contributed by atoms with Crippen molar-refractivity contribution < 1.29 is 65.6 Å². The van der Waals surface area contributed by atoms with Gasteiger partial charge in [-0.3, -0.25) is 24.0 Å². The number of hydrogen-bond donors (Lipinski definition) is 4. The van der Waals surface area contributed by atoms with Crippen LogP contribution in [-0.4, -0.2) is 180 Å². The number of nitrogens with one attached hydrogen (secondary N) is 4. The number of aryl methyl sites for hydroxylation is 1. The molecule has 2 aromatic heterocycles. The van der Waals surface area contributed by atoms with Crippen LogP contribution >= 0.6 is 0 Å². The van der Waals surface area contributed by atoms with Crippen molar-refractivity contribution in [3.05, 3.63) is 138 Å². The zero-order valence-corrected chi connectivity index (χ0v) is 54.6. The van der Waals surface area contributed by atoms with E-state index in [-0.39, 0.29) is 106 Å². The highest BCUT2D eigenvalue weighted by molar-refractivity contribution is 7.91. The third kappa shape index (κ3) is 19.0. The van der Waals surface area contributed by atoms with Crippen LogP contribution in [-0.2, 0) is 83.6 Å². The van der Waals surface area contributed by atoms with Crippen LogP contribution in [0.4, 0.5) is 16.2 Å². The molecule has 0 fully saturated rings. The minimum absolute atomic E-state index is 0.00227. The van der Waals surface area contributed by atoms with E-state index in [4.69, 9.17) is 28.4 Å². The summed E-state index contributed by atoms with van der Waals surface area (Å²) in [5.74, 6) is -1.88. The Balaban J connectivity index is 0.697. The van der Waals surface area contributed by atoms with Gasteiger partial charge >= 0.3 is 6.09 Å². The molecule has 95 heavy (non-hydrogen) atoms. The molecule has 27 heteroatoms. The van der Waals surface area contributed by atoms with Gasteiger partial charge in [0, 0.05) is 101 Å². The minimum Gasteiger partial charge on any atom is -0.445 e. The predicted molar refractivity (Wildman–Crippen MR) is 353 cm³/mol. The summed E-state index contributed by atoms with van der Waals surface area (Å²) in [4.78, 5) is 81.9. The van der Waals surface area contributed by atoms with Crippen LogP contribution < -0.4 is 31.1 Å². The smallest absolute Gasteiger partial charge is 0.407 e. The van der Waals surface area contributed by atoms with Crippen LogP contribution in [0.1, 0.15) is 72.9 Å². The lowest BCUT2D eigenvalue weighted by molar-refractivity contribution is -0.125. The number of rotatable bonds is 35. The van der Waals surface area contributed by atoms with E-state index in [1.165, 1.54) is 31.3 Å². The molecule has 6 amide bonds. The molecule has 7 aromatic rings. The fraction of sp³-hybridized carbons (Fsp3) is 0.412. The van der Waals surface area contributed by atoms with Crippen molar-refractivity contribution in [2.45, 2.75) is 88.5 Å². The number of hydrogen-bond acceptors (Lipinski definition) is 18. The maximum Gasteiger partial charge on any atom is 0.407 e. The lowest BCUT2D eigenvalue weighted by Crippen LogP contribution is -2.33. The molecule has 1 atom stereocenters. The second-order valence-electron chi connectivity index (χ2n) is 22.5. The molecule has 0 aliphatic carbocycles. The molecule has 9 rings (SSSR count). The largest absolute Gasteiger partial charge is 0.445 e. The number of unbranched alkanes of at least 4 members (excludes halogenated alkanes) is 2. The van der Waals surface area contributed by atoms with Crippen molar-refractivity contribution in [1.29, 1.82) is 0 Å². The number of fused-ring (bicyclic) bond motifs is 10. The Bertz CT molecular complexity index is 3880. The van der Waals surface area contributed by atoms with Gasteiger partial charge in [0.2, 0.25) is 23.6 Å². The Labute approximate surface area is 552 Å². The molecule has 4 N–H and O–H groups in total. The van der Waals surface area contributed by atoms with E-state index in [2.05, 4.69) is 41.9 Å². The molecule has 2 aliphatic heterocycles. The fourth-order valence-corrected chi connectivity index (χ4v) is 12.8. The Hall–Kier alpha value is -9.25.